The molecule has 0 unspecified atom stereocenters. The van der Waals surface area contributed by atoms with E-state index in [4.69, 9.17) is 4.74 Å². The fourth-order valence-electron chi connectivity index (χ4n) is 3.43. The van der Waals surface area contributed by atoms with Gasteiger partial charge in [0.15, 0.2) is 5.78 Å². The summed E-state index contributed by atoms with van der Waals surface area (Å²) in [6.45, 7) is 2.60. The summed E-state index contributed by atoms with van der Waals surface area (Å²) in [6, 6.07) is 22.5. The highest BCUT2D eigenvalue weighted by molar-refractivity contribution is 6.10. The van der Waals surface area contributed by atoms with Crippen LogP contribution in [0, 0.1) is 6.92 Å². The fraction of sp³-hybridized carbons (Fsp3) is 0.120. The first-order valence-corrected chi connectivity index (χ1v) is 9.43. The number of nitrogens with zero attached hydrogens (tertiary/aromatic N) is 1. The standard InChI is InChI=1S/C25H21NO3/c1-17-8-10-18(11-9-17)15-26-16-22(24(27)19-6-4-3-5-7-19)25(28)21-14-20(29-2)12-13-23(21)26/h3-14,16H,15H2,1-2H3. The lowest BCUT2D eigenvalue weighted by molar-refractivity contribution is 0.103. The molecule has 0 spiro atoms. The maximum Gasteiger partial charge on any atom is 0.200 e. The molecule has 0 saturated heterocycles. The Morgan fingerprint density at radius 1 is 0.966 bits per heavy atom. The molecule has 0 saturated carbocycles. The van der Waals surface area contributed by atoms with Crippen molar-refractivity contribution in [2.75, 3.05) is 7.11 Å². The molecule has 4 nitrogen and oxygen atoms in total. The van der Waals surface area contributed by atoms with Crippen molar-refractivity contribution in [2.24, 2.45) is 0 Å². The Morgan fingerprint density at radius 2 is 1.69 bits per heavy atom. The molecule has 0 aliphatic rings. The third kappa shape index (κ3) is 3.69. The second-order valence-electron chi connectivity index (χ2n) is 7.06. The molecule has 4 rings (SSSR count). The van der Waals surface area contributed by atoms with E-state index in [1.807, 2.05) is 29.7 Å². The van der Waals surface area contributed by atoms with Gasteiger partial charge in [0.2, 0.25) is 5.43 Å². The van der Waals surface area contributed by atoms with Crippen molar-refractivity contribution < 1.29 is 9.53 Å². The molecule has 0 amide bonds. The highest BCUT2D eigenvalue weighted by Gasteiger charge is 2.17. The number of pyridine rings is 1. The summed E-state index contributed by atoms with van der Waals surface area (Å²) in [5.41, 5.74) is 3.41. The molecule has 0 aliphatic carbocycles. The molecule has 1 heterocycles. The first kappa shape index (κ1) is 18.7. The molecule has 4 heteroatoms. The Bertz CT molecular complexity index is 1240. The van der Waals surface area contributed by atoms with Gasteiger partial charge in [0.25, 0.3) is 0 Å². The van der Waals surface area contributed by atoms with Gasteiger partial charge in [-0.15, -0.1) is 0 Å². The van der Waals surface area contributed by atoms with Crippen LogP contribution in [0.1, 0.15) is 27.0 Å². The van der Waals surface area contributed by atoms with E-state index in [1.54, 1.807) is 43.6 Å². The molecule has 29 heavy (non-hydrogen) atoms. The third-order valence-corrected chi connectivity index (χ3v) is 5.04. The number of hydrogen-bond acceptors (Lipinski definition) is 3. The van der Waals surface area contributed by atoms with E-state index in [9.17, 15) is 9.59 Å². The van der Waals surface area contributed by atoms with Gasteiger partial charge in [-0.05, 0) is 30.7 Å². The molecule has 1 aromatic heterocycles. The predicted molar refractivity (Wildman–Crippen MR) is 115 cm³/mol. The van der Waals surface area contributed by atoms with Crippen molar-refractivity contribution in [2.45, 2.75) is 13.5 Å². The molecular formula is C25H21NO3. The average molecular weight is 383 g/mol. The van der Waals surface area contributed by atoms with E-state index in [-0.39, 0.29) is 16.8 Å². The Labute approximate surface area is 169 Å². The van der Waals surface area contributed by atoms with Crippen LogP contribution in [0.3, 0.4) is 0 Å². The molecule has 0 atom stereocenters. The lowest BCUT2D eigenvalue weighted by Crippen LogP contribution is -2.20. The zero-order chi connectivity index (χ0) is 20.4. The minimum Gasteiger partial charge on any atom is -0.497 e. The van der Waals surface area contributed by atoms with Crippen LogP contribution in [-0.2, 0) is 6.54 Å². The van der Waals surface area contributed by atoms with Crippen LogP contribution >= 0.6 is 0 Å². The Balaban J connectivity index is 1.91. The minimum atomic E-state index is -0.284. The smallest absolute Gasteiger partial charge is 0.200 e. The van der Waals surface area contributed by atoms with Crippen molar-refractivity contribution >= 4 is 16.7 Å². The molecule has 3 aromatic carbocycles. The summed E-state index contributed by atoms with van der Waals surface area (Å²) in [7, 11) is 1.56. The van der Waals surface area contributed by atoms with Crippen molar-refractivity contribution in [3.8, 4) is 5.75 Å². The van der Waals surface area contributed by atoms with Crippen LogP contribution in [0.15, 0.2) is 83.8 Å². The third-order valence-electron chi connectivity index (χ3n) is 5.04. The molecule has 0 radical (unpaired) electrons. The van der Waals surface area contributed by atoms with Gasteiger partial charge in [0.1, 0.15) is 5.75 Å². The maximum absolute atomic E-state index is 13.2. The topological polar surface area (TPSA) is 48.3 Å². The van der Waals surface area contributed by atoms with Gasteiger partial charge in [-0.25, -0.2) is 0 Å². The minimum absolute atomic E-state index is 0.157. The number of aromatic nitrogens is 1. The van der Waals surface area contributed by atoms with Crippen LogP contribution in [-0.4, -0.2) is 17.5 Å². The molecule has 0 N–H and O–H groups in total. The zero-order valence-corrected chi connectivity index (χ0v) is 16.4. The second kappa shape index (κ2) is 7.76. The zero-order valence-electron chi connectivity index (χ0n) is 16.4. The number of aryl methyl sites for hydroxylation is 1. The average Bonchev–Trinajstić information content (AvgIpc) is 2.77. The maximum atomic E-state index is 13.2. The number of benzene rings is 3. The number of fused-ring (bicyclic) bond motifs is 1. The van der Waals surface area contributed by atoms with Crippen LogP contribution in [0.4, 0.5) is 0 Å². The van der Waals surface area contributed by atoms with E-state index in [2.05, 4.69) is 24.3 Å². The number of hydrogen-bond donors (Lipinski definition) is 0. The summed E-state index contributed by atoms with van der Waals surface area (Å²) in [5.74, 6) is 0.304. The summed E-state index contributed by atoms with van der Waals surface area (Å²) in [6.07, 6.45) is 1.67. The van der Waals surface area contributed by atoms with E-state index in [0.29, 0.717) is 23.2 Å². The van der Waals surface area contributed by atoms with Gasteiger partial charge >= 0.3 is 0 Å². The van der Waals surface area contributed by atoms with Gasteiger partial charge < -0.3 is 9.30 Å². The van der Waals surface area contributed by atoms with E-state index >= 15 is 0 Å². The van der Waals surface area contributed by atoms with Crippen molar-refractivity contribution in [1.29, 1.82) is 0 Å². The van der Waals surface area contributed by atoms with Crippen LogP contribution in [0.2, 0.25) is 0 Å². The van der Waals surface area contributed by atoms with Crippen LogP contribution in [0.25, 0.3) is 10.9 Å². The quantitative estimate of drug-likeness (QED) is 0.473. The Kier molecular flexibility index (Phi) is 5.00. The Morgan fingerprint density at radius 3 is 2.38 bits per heavy atom. The second-order valence-corrected chi connectivity index (χ2v) is 7.06. The first-order chi connectivity index (χ1) is 14.1. The van der Waals surface area contributed by atoms with Gasteiger partial charge in [-0.3, -0.25) is 9.59 Å². The van der Waals surface area contributed by atoms with Gasteiger partial charge in [0.05, 0.1) is 23.6 Å². The summed E-state index contributed by atoms with van der Waals surface area (Å²) in [4.78, 5) is 26.2. The van der Waals surface area contributed by atoms with Crippen molar-refractivity contribution in [3.05, 3.63) is 111 Å². The highest BCUT2D eigenvalue weighted by Crippen LogP contribution is 2.21. The van der Waals surface area contributed by atoms with Crippen molar-refractivity contribution in [3.63, 3.8) is 0 Å². The van der Waals surface area contributed by atoms with Crippen LogP contribution < -0.4 is 10.2 Å². The Hall–Kier alpha value is -3.66. The number of methoxy groups -OCH3 is 1. The number of carbonyl (C=O) groups excluding carboxylic acids is 1. The number of carbonyl (C=O) groups is 1. The number of ketones is 1. The van der Waals surface area contributed by atoms with E-state index in [1.165, 1.54) is 5.56 Å². The van der Waals surface area contributed by atoms with Crippen molar-refractivity contribution in [1.82, 2.24) is 4.57 Å². The molecule has 0 fully saturated rings. The fourth-order valence-corrected chi connectivity index (χ4v) is 3.43. The van der Waals surface area contributed by atoms with Gasteiger partial charge in [-0.1, -0.05) is 60.2 Å². The lowest BCUT2D eigenvalue weighted by Gasteiger charge is -2.14. The summed E-state index contributed by atoms with van der Waals surface area (Å²) >= 11 is 0. The molecule has 0 bridgehead atoms. The number of ether oxygens (including phenoxy) is 1. The lowest BCUT2D eigenvalue weighted by atomic mass is 10.0. The monoisotopic (exact) mass is 383 g/mol. The molecular weight excluding hydrogens is 362 g/mol. The first-order valence-electron chi connectivity index (χ1n) is 9.43. The van der Waals surface area contributed by atoms with Gasteiger partial charge in [0, 0.05) is 18.3 Å². The van der Waals surface area contributed by atoms with Gasteiger partial charge in [-0.2, -0.15) is 0 Å². The molecule has 4 aromatic rings. The largest absolute Gasteiger partial charge is 0.497 e. The normalized spacial score (nSPS) is 10.8. The highest BCUT2D eigenvalue weighted by atomic mass is 16.5. The summed E-state index contributed by atoms with van der Waals surface area (Å²) in [5, 5.41) is 0.471. The SMILES string of the molecule is COc1ccc2c(c1)c(=O)c(C(=O)c1ccccc1)cn2Cc1ccc(C)cc1. The predicted octanol–water partition coefficient (Wildman–Crippen LogP) is 4.60. The summed E-state index contributed by atoms with van der Waals surface area (Å²) < 4.78 is 7.26. The number of rotatable bonds is 5. The molecule has 144 valence electrons. The van der Waals surface area contributed by atoms with E-state index in [0.717, 1.165) is 11.1 Å². The molecule has 0 aliphatic heterocycles. The van der Waals surface area contributed by atoms with Crippen LogP contribution in [0.5, 0.6) is 5.75 Å². The van der Waals surface area contributed by atoms with E-state index < -0.39 is 0 Å².